The van der Waals surface area contributed by atoms with Crippen LogP contribution in [0.15, 0.2) is 21.6 Å². The number of methoxy groups -OCH3 is 1. The van der Waals surface area contributed by atoms with Gasteiger partial charge in [0.05, 0.1) is 13.7 Å². The van der Waals surface area contributed by atoms with E-state index >= 15 is 0 Å². The van der Waals surface area contributed by atoms with Gasteiger partial charge in [-0.1, -0.05) is 25.7 Å². The Balaban J connectivity index is 1.63. The maximum Gasteiger partial charge on any atom is 0.374 e. The van der Waals surface area contributed by atoms with E-state index in [1.54, 1.807) is 6.92 Å². The highest BCUT2D eigenvalue weighted by Gasteiger charge is 2.43. The van der Waals surface area contributed by atoms with Crippen molar-refractivity contribution in [3.05, 3.63) is 17.9 Å². The standard InChI is InChI=1S/C22H32N2O8S/c1-3-31-20(26)17-8-9-18(32-17)33(28,29)24-14-10-16(11-15-24)19(25)23-22(21(27)30-2)12-6-4-5-7-13-22/h8-9,16H,3-7,10-15H2,1-2H3,(H,23,25). The Morgan fingerprint density at radius 3 is 2.33 bits per heavy atom. The SMILES string of the molecule is CCOC(=O)c1ccc(S(=O)(=O)N2CCC(C(=O)NC3(C(=O)OC)CCCCCC3)CC2)o1. The van der Waals surface area contributed by atoms with Crippen molar-refractivity contribution in [1.29, 1.82) is 0 Å². The van der Waals surface area contributed by atoms with Gasteiger partial charge in [0.25, 0.3) is 10.0 Å². The highest BCUT2D eigenvalue weighted by molar-refractivity contribution is 7.89. The number of esters is 2. The first kappa shape index (κ1) is 25.2. The molecule has 1 amide bonds. The molecule has 0 spiro atoms. The third kappa shape index (κ3) is 5.57. The van der Waals surface area contributed by atoms with Crippen molar-refractivity contribution in [2.45, 2.75) is 68.9 Å². The summed E-state index contributed by atoms with van der Waals surface area (Å²) in [6, 6.07) is 2.50. The summed E-state index contributed by atoms with van der Waals surface area (Å²) in [5.74, 6) is -1.99. The summed E-state index contributed by atoms with van der Waals surface area (Å²) in [6.45, 7) is 2.04. The number of nitrogens with one attached hydrogen (secondary N) is 1. The lowest BCUT2D eigenvalue weighted by molar-refractivity contribution is -0.152. The molecule has 1 saturated heterocycles. The van der Waals surface area contributed by atoms with Gasteiger partial charge in [-0.05, 0) is 44.7 Å². The lowest BCUT2D eigenvalue weighted by Gasteiger charge is -2.35. The van der Waals surface area contributed by atoms with Gasteiger partial charge in [0, 0.05) is 19.0 Å². The molecule has 2 aliphatic rings. The van der Waals surface area contributed by atoms with E-state index in [-0.39, 0.29) is 36.5 Å². The molecule has 1 N–H and O–H groups in total. The van der Waals surface area contributed by atoms with Crippen LogP contribution in [0.3, 0.4) is 0 Å². The van der Waals surface area contributed by atoms with E-state index in [0.29, 0.717) is 25.7 Å². The van der Waals surface area contributed by atoms with Crippen LogP contribution in [0.5, 0.6) is 0 Å². The van der Waals surface area contributed by atoms with Crippen molar-refractivity contribution >= 4 is 27.9 Å². The molecule has 0 bridgehead atoms. The fourth-order valence-corrected chi connectivity index (χ4v) is 5.88. The molecule has 1 aliphatic heterocycles. The van der Waals surface area contributed by atoms with Gasteiger partial charge in [-0.25, -0.2) is 18.0 Å². The van der Waals surface area contributed by atoms with Crippen LogP contribution in [0, 0.1) is 5.92 Å². The summed E-state index contributed by atoms with van der Waals surface area (Å²) in [7, 11) is -2.62. The summed E-state index contributed by atoms with van der Waals surface area (Å²) in [5, 5.41) is 2.62. The number of nitrogens with zero attached hydrogens (tertiary/aromatic N) is 1. The van der Waals surface area contributed by atoms with Crippen LogP contribution in [0.1, 0.15) is 68.8 Å². The number of hydrogen-bond acceptors (Lipinski definition) is 8. The number of piperidine rings is 1. The van der Waals surface area contributed by atoms with E-state index in [1.165, 1.54) is 23.5 Å². The van der Waals surface area contributed by atoms with Crippen molar-refractivity contribution in [3.8, 4) is 0 Å². The van der Waals surface area contributed by atoms with E-state index in [2.05, 4.69) is 5.32 Å². The number of hydrogen-bond donors (Lipinski definition) is 1. The van der Waals surface area contributed by atoms with Crippen LogP contribution in [-0.2, 0) is 29.1 Å². The lowest BCUT2D eigenvalue weighted by Crippen LogP contribution is -2.57. The molecule has 1 aromatic heterocycles. The average Bonchev–Trinajstić information content (AvgIpc) is 3.21. The maximum absolute atomic E-state index is 13.0. The number of sulfonamides is 1. The second-order valence-corrected chi connectivity index (χ2v) is 10.4. The molecule has 33 heavy (non-hydrogen) atoms. The van der Waals surface area contributed by atoms with Crippen molar-refractivity contribution < 1.29 is 36.7 Å². The third-order valence-corrected chi connectivity index (χ3v) is 8.15. The molecule has 11 heteroatoms. The first-order chi connectivity index (χ1) is 15.7. The van der Waals surface area contributed by atoms with Crippen LogP contribution in [0.25, 0.3) is 0 Å². The van der Waals surface area contributed by atoms with E-state index in [0.717, 1.165) is 25.7 Å². The monoisotopic (exact) mass is 484 g/mol. The molecule has 0 radical (unpaired) electrons. The van der Waals surface area contributed by atoms with Gasteiger partial charge in [0.15, 0.2) is 0 Å². The Labute approximate surface area is 194 Å². The Hall–Kier alpha value is -2.40. The maximum atomic E-state index is 13.0. The zero-order valence-corrected chi connectivity index (χ0v) is 19.9. The van der Waals surface area contributed by atoms with E-state index < -0.39 is 33.4 Å². The van der Waals surface area contributed by atoms with Gasteiger partial charge in [-0.2, -0.15) is 4.31 Å². The predicted octanol–water partition coefficient (Wildman–Crippen LogP) is 2.24. The molecule has 1 aliphatic carbocycles. The predicted molar refractivity (Wildman–Crippen MR) is 117 cm³/mol. The minimum Gasteiger partial charge on any atom is -0.467 e. The third-order valence-electron chi connectivity index (χ3n) is 6.37. The summed E-state index contributed by atoms with van der Waals surface area (Å²) in [6.07, 6.45) is 5.40. The molecule has 3 rings (SSSR count). The van der Waals surface area contributed by atoms with Crippen molar-refractivity contribution in [2.24, 2.45) is 5.92 Å². The van der Waals surface area contributed by atoms with Crippen LogP contribution in [0.4, 0.5) is 0 Å². The number of amides is 1. The normalized spacial score (nSPS) is 19.9. The number of rotatable bonds is 7. The Morgan fingerprint density at radius 2 is 1.76 bits per heavy atom. The van der Waals surface area contributed by atoms with Gasteiger partial charge in [-0.3, -0.25) is 4.79 Å². The fraction of sp³-hybridized carbons (Fsp3) is 0.682. The largest absolute Gasteiger partial charge is 0.467 e. The summed E-state index contributed by atoms with van der Waals surface area (Å²) < 4.78 is 42.1. The average molecular weight is 485 g/mol. The number of ether oxygens (including phenoxy) is 2. The minimum atomic E-state index is -3.95. The van der Waals surface area contributed by atoms with Gasteiger partial charge >= 0.3 is 11.9 Å². The van der Waals surface area contributed by atoms with Crippen molar-refractivity contribution in [2.75, 3.05) is 26.8 Å². The quantitative estimate of drug-likeness (QED) is 0.460. The molecule has 0 atom stereocenters. The van der Waals surface area contributed by atoms with Gasteiger partial charge in [-0.15, -0.1) is 0 Å². The molecule has 0 unspecified atom stereocenters. The van der Waals surface area contributed by atoms with Crippen LogP contribution in [-0.4, -0.2) is 62.9 Å². The van der Waals surface area contributed by atoms with Crippen molar-refractivity contribution in [1.82, 2.24) is 9.62 Å². The number of carbonyl (C=O) groups is 3. The van der Waals surface area contributed by atoms with Crippen LogP contribution in [0.2, 0.25) is 0 Å². The van der Waals surface area contributed by atoms with Gasteiger partial charge < -0.3 is 19.2 Å². The Bertz CT molecular complexity index is 955. The minimum absolute atomic E-state index is 0.126. The molecule has 0 aromatic carbocycles. The molecule has 2 heterocycles. The molecule has 1 saturated carbocycles. The second-order valence-electron chi connectivity index (χ2n) is 8.49. The molecule has 184 valence electrons. The Kier molecular flexibility index (Phi) is 8.17. The topological polar surface area (TPSA) is 132 Å². The first-order valence-corrected chi connectivity index (χ1v) is 12.8. The van der Waals surface area contributed by atoms with Gasteiger partial charge in [0.2, 0.25) is 16.8 Å². The smallest absolute Gasteiger partial charge is 0.374 e. The zero-order chi connectivity index (χ0) is 24.1. The number of carbonyl (C=O) groups excluding carboxylic acids is 3. The first-order valence-electron chi connectivity index (χ1n) is 11.4. The summed E-state index contributed by atoms with van der Waals surface area (Å²) in [4.78, 5) is 37.3. The number of furan rings is 1. The van der Waals surface area contributed by atoms with Crippen molar-refractivity contribution in [3.63, 3.8) is 0 Å². The van der Waals surface area contributed by atoms with Crippen LogP contribution < -0.4 is 5.32 Å². The second kappa shape index (κ2) is 10.7. The molecule has 2 fully saturated rings. The van der Waals surface area contributed by atoms with E-state index in [9.17, 15) is 22.8 Å². The van der Waals surface area contributed by atoms with Gasteiger partial charge in [0.1, 0.15) is 5.54 Å². The molecule has 10 nitrogen and oxygen atoms in total. The van der Waals surface area contributed by atoms with E-state index in [1.807, 2.05) is 0 Å². The van der Waals surface area contributed by atoms with E-state index in [4.69, 9.17) is 13.9 Å². The van der Waals surface area contributed by atoms with Crippen LogP contribution >= 0.6 is 0 Å². The fourth-order valence-electron chi connectivity index (χ4n) is 4.50. The molecular weight excluding hydrogens is 452 g/mol. The highest BCUT2D eigenvalue weighted by Crippen LogP contribution is 2.30. The summed E-state index contributed by atoms with van der Waals surface area (Å²) in [5.41, 5.74) is -1.01. The Morgan fingerprint density at radius 1 is 1.12 bits per heavy atom. The molecular formula is C22H32N2O8S. The lowest BCUT2D eigenvalue weighted by atomic mass is 9.88. The zero-order valence-electron chi connectivity index (χ0n) is 19.1. The highest BCUT2D eigenvalue weighted by atomic mass is 32.2. The summed E-state index contributed by atoms with van der Waals surface area (Å²) >= 11 is 0. The molecule has 1 aromatic rings.